The molecule has 5 nitrogen and oxygen atoms in total. The van der Waals surface area contributed by atoms with E-state index in [0.717, 1.165) is 31.7 Å². The number of ketones is 1. The van der Waals surface area contributed by atoms with Gasteiger partial charge >= 0.3 is 6.18 Å². The number of nitrogens with zero attached hydrogens (tertiary/aromatic N) is 1. The number of carbonyl (C=O) groups excluding carboxylic acids is 2. The molecule has 184 valence electrons. The minimum absolute atomic E-state index is 0.126. The van der Waals surface area contributed by atoms with Gasteiger partial charge in [0.1, 0.15) is 5.75 Å². The average molecular weight is 485 g/mol. The quantitative estimate of drug-likeness (QED) is 0.217. The SMILES string of the molecule is C=C(C)c1cccc(O)c1C(=O)/C(=C\C)C(=O)Nc1ccc(N2C3CCC2CC3)cc1C(F)(F)F. The fourth-order valence-corrected chi connectivity index (χ4v) is 5.19. The Morgan fingerprint density at radius 1 is 1.11 bits per heavy atom. The van der Waals surface area contributed by atoms with Crippen LogP contribution in [0.2, 0.25) is 0 Å². The van der Waals surface area contributed by atoms with Crippen molar-refractivity contribution in [2.75, 3.05) is 10.2 Å². The summed E-state index contributed by atoms with van der Waals surface area (Å²) in [6.07, 6.45) is 0.384. The Kier molecular flexibility index (Phi) is 6.49. The Morgan fingerprint density at radius 2 is 1.74 bits per heavy atom. The maximum Gasteiger partial charge on any atom is 0.418 e. The van der Waals surface area contributed by atoms with Crippen molar-refractivity contribution in [1.29, 1.82) is 0 Å². The fraction of sp³-hybridized carbons (Fsp3) is 0.333. The largest absolute Gasteiger partial charge is 0.507 e. The molecule has 0 unspecified atom stereocenters. The molecular formula is C27H27F3N2O3. The third kappa shape index (κ3) is 4.57. The molecule has 2 N–H and O–H groups in total. The molecule has 0 aromatic heterocycles. The molecule has 2 aliphatic rings. The molecule has 2 aliphatic heterocycles. The molecule has 2 fully saturated rings. The zero-order valence-corrected chi connectivity index (χ0v) is 19.6. The van der Waals surface area contributed by atoms with Gasteiger partial charge in [0.15, 0.2) is 0 Å². The standard InChI is InChI=1S/C27H27F3N2O3/c1-4-19(25(34)24-20(15(2)3)6-5-7-23(24)33)26(35)31-22-13-12-18(14-21(22)27(28,29)30)32-16-8-9-17(32)11-10-16/h4-7,12-14,16-17,33H,2,8-11H2,1,3H3,(H,31,35)/b19-4+. The van der Waals surface area contributed by atoms with E-state index in [-0.39, 0.29) is 29.0 Å². The minimum Gasteiger partial charge on any atom is -0.507 e. The van der Waals surface area contributed by atoms with Crippen LogP contribution >= 0.6 is 0 Å². The first-order chi connectivity index (χ1) is 16.5. The second-order valence-electron chi connectivity index (χ2n) is 9.06. The van der Waals surface area contributed by atoms with Crippen LogP contribution in [0.4, 0.5) is 24.5 Å². The van der Waals surface area contributed by atoms with Crippen LogP contribution in [0.3, 0.4) is 0 Å². The summed E-state index contributed by atoms with van der Waals surface area (Å²) in [5.74, 6) is -2.14. The van der Waals surface area contributed by atoms with Crippen molar-refractivity contribution < 1.29 is 27.9 Å². The number of hydrogen-bond donors (Lipinski definition) is 2. The van der Waals surface area contributed by atoms with Gasteiger partial charge in [-0.15, -0.1) is 0 Å². The molecule has 0 aliphatic carbocycles. The summed E-state index contributed by atoms with van der Waals surface area (Å²) in [6, 6.07) is 8.81. The number of carbonyl (C=O) groups is 2. The van der Waals surface area contributed by atoms with E-state index in [1.54, 1.807) is 19.1 Å². The highest BCUT2D eigenvalue weighted by molar-refractivity contribution is 6.30. The van der Waals surface area contributed by atoms with Gasteiger partial charge in [-0.3, -0.25) is 9.59 Å². The number of hydrogen-bond acceptors (Lipinski definition) is 4. The van der Waals surface area contributed by atoms with Crippen LogP contribution in [0.15, 0.2) is 54.6 Å². The van der Waals surface area contributed by atoms with Gasteiger partial charge < -0.3 is 15.3 Å². The molecule has 0 radical (unpaired) electrons. The van der Waals surface area contributed by atoms with Gasteiger partial charge in [0.05, 0.1) is 22.4 Å². The van der Waals surface area contributed by atoms with Crippen molar-refractivity contribution in [2.45, 2.75) is 57.8 Å². The molecule has 2 aromatic carbocycles. The number of allylic oxidation sites excluding steroid dienone is 2. The Morgan fingerprint density at radius 3 is 2.29 bits per heavy atom. The highest BCUT2D eigenvalue weighted by Crippen LogP contribution is 2.44. The molecule has 1 amide bonds. The van der Waals surface area contributed by atoms with Gasteiger partial charge in [0.2, 0.25) is 5.78 Å². The van der Waals surface area contributed by atoms with Gasteiger partial charge in [-0.25, -0.2) is 0 Å². The van der Waals surface area contributed by atoms with Gasteiger partial charge in [0.25, 0.3) is 5.91 Å². The molecule has 2 bridgehead atoms. The molecular weight excluding hydrogens is 457 g/mol. The molecule has 35 heavy (non-hydrogen) atoms. The predicted octanol–water partition coefficient (Wildman–Crippen LogP) is 6.34. The number of nitrogens with one attached hydrogen (secondary N) is 1. The third-order valence-electron chi connectivity index (χ3n) is 6.82. The minimum atomic E-state index is -4.71. The first-order valence-corrected chi connectivity index (χ1v) is 11.5. The van der Waals surface area contributed by atoms with E-state index in [0.29, 0.717) is 16.8 Å². The van der Waals surface area contributed by atoms with Gasteiger partial charge in [-0.2, -0.15) is 13.2 Å². The molecule has 0 atom stereocenters. The number of anilines is 2. The summed E-state index contributed by atoms with van der Waals surface area (Å²) in [4.78, 5) is 28.2. The van der Waals surface area contributed by atoms with Crippen molar-refractivity contribution in [3.63, 3.8) is 0 Å². The van der Waals surface area contributed by atoms with E-state index in [9.17, 15) is 27.9 Å². The Hall–Kier alpha value is -3.55. The Bertz CT molecular complexity index is 1210. The second kappa shape index (κ2) is 9.24. The molecule has 4 rings (SSSR count). The maximum absolute atomic E-state index is 14.0. The lowest BCUT2D eigenvalue weighted by atomic mass is 9.93. The lowest BCUT2D eigenvalue weighted by Crippen LogP contribution is -2.28. The highest BCUT2D eigenvalue weighted by Gasteiger charge is 2.41. The first-order valence-electron chi connectivity index (χ1n) is 11.5. The van der Waals surface area contributed by atoms with Gasteiger partial charge in [-0.1, -0.05) is 30.4 Å². The number of fused-ring (bicyclic) bond motifs is 2. The lowest BCUT2D eigenvalue weighted by Gasteiger charge is -2.26. The highest BCUT2D eigenvalue weighted by atomic mass is 19.4. The summed E-state index contributed by atoms with van der Waals surface area (Å²) < 4.78 is 41.9. The molecule has 0 saturated carbocycles. The number of alkyl halides is 3. The fourth-order valence-electron chi connectivity index (χ4n) is 5.19. The van der Waals surface area contributed by atoms with E-state index in [1.165, 1.54) is 31.2 Å². The summed E-state index contributed by atoms with van der Waals surface area (Å²) in [7, 11) is 0. The maximum atomic E-state index is 14.0. The number of phenols is 1. The number of rotatable bonds is 6. The van der Waals surface area contributed by atoms with E-state index >= 15 is 0 Å². The molecule has 0 spiro atoms. The third-order valence-corrected chi connectivity index (χ3v) is 6.82. The van der Waals surface area contributed by atoms with E-state index in [1.807, 2.05) is 0 Å². The van der Waals surface area contributed by atoms with Crippen LogP contribution in [0.1, 0.15) is 61.0 Å². The topological polar surface area (TPSA) is 69.6 Å². The van der Waals surface area contributed by atoms with E-state index in [2.05, 4.69) is 16.8 Å². The van der Waals surface area contributed by atoms with Crippen LogP contribution in [0, 0.1) is 0 Å². The zero-order chi connectivity index (χ0) is 25.5. The number of amides is 1. The normalized spacial score (nSPS) is 19.7. The van der Waals surface area contributed by atoms with Crippen molar-refractivity contribution in [1.82, 2.24) is 0 Å². The molecule has 2 saturated heterocycles. The predicted molar refractivity (Wildman–Crippen MR) is 129 cm³/mol. The van der Waals surface area contributed by atoms with Crippen LogP contribution in [0.5, 0.6) is 5.75 Å². The number of halogens is 3. The number of aromatic hydroxyl groups is 1. The molecule has 2 aromatic rings. The summed E-state index contributed by atoms with van der Waals surface area (Å²) in [5, 5.41) is 12.6. The molecule has 8 heteroatoms. The van der Waals surface area contributed by atoms with Crippen LogP contribution in [-0.4, -0.2) is 28.9 Å². The Balaban J connectivity index is 1.65. The monoisotopic (exact) mass is 484 g/mol. The second-order valence-corrected chi connectivity index (χ2v) is 9.06. The summed E-state index contributed by atoms with van der Waals surface area (Å²) >= 11 is 0. The van der Waals surface area contributed by atoms with E-state index < -0.39 is 29.1 Å². The number of Topliss-reactive ketones (excluding diaryl/α,β-unsaturated/α-hetero) is 1. The summed E-state index contributed by atoms with van der Waals surface area (Å²) in [6.45, 7) is 6.87. The number of phenolic OH excluding ortho intramolecular Hbond substituents is 1. The molecule has 2 heterocycles. The smallest absolute Gasteiger partial charge is 0.418 e. The first kappa shape index (κ1) is 24.6. The van der Waals surface area contributed by atoms with Crippen LogP contribution in [0.25, 0.3) is 5.57 Å². The van der Waals surface area contributed by atoms with Crippen molar-refractivity contribution in [3.8, 4) is 5.75 Å². The van der Waals surface area contributed by atoms with Crippen LogP contribution in [-0.2, 0) is 11.0 Å². The number of benzene rings is 2. The Labute approximate surface area is 201 Å². The summed E-state index contributed by atoms with van der Waals surface area (Å²) in [5.41, 5.74) is -0.579. The zero-order valence-electron chi connectivity index (χ0n) is 19.6. The average Bonchev–Trinajstić information content (AvgIpc) is 3.39. The van der Waals surface area contributed by atoms with Crippen molar-refractivity contribution in [2.24, 2.45) is 0 Å². The van der Waals surface area contributed by atoms with Gasteiger partial charge in [-0.05, 0) is 69.4 Å². The van der Waals surface area contributed by atoms with Crippen molar-refractivity contribution in [3.05, 3.63) is 71.3 Å². The van der Waals surface area contributed by atoms with E-state index in [4.69, 9.17) is 0 Å². The lowest BCUT2D eigenvalue weighted by molar-refractivity contribution is -0.136. The van der Waals surface area contributed by atoms with Gasteiger partial charge in [0, 0.05) is 17.8 Å². The van der Waals surface area contributed by atoms with Crippen LogP contribution < -0.4 is 10.2 Å². The van der Waals surface area contributed by atoms with Crippen molar-refractivity contribution >= 4 is 28.6 Å².